The predicted molar refractivity (Wildman–Crippen MR) is 64.9 cm³/mol. The van der Waals surface area contributed by atoms with Gasteiger partial charge < -0.3 is 5.32 Å². The van der Waals surface area contributed by atoms with Crippen molar-refractivity contribution < 1.29 is 0 Å². The molecule has 15 heavy (non-hydrogen) atoms. The van der Waals surface area contributed by atoms with E-state index in [-0.39, 0.29) is 0 Å². The van der Waals surface area contributed by atoms with E-state index in [1.165, 1.54) is 29.7 Å². The minimum atomic E-state index is 0.941. The highest BCUT2D eigenvalue weighted by atomic mass is 14.9. The van der Waals surface area contributed by atoms with Gasteiger partial charge in [0.2, 0.25) is 0 Å². The summed E-state index contributed by atoms with van der Waals surface area (Å²) in [6.07, 6.45) is 1.42. The predicted octanol–water partition coefficient (Wildman–Crippen LogP) is 3.05. The largest absolute Gasteiger partial charge is 0.312 e. The van der Waals surface area contributed by atoms with Crippen LogP contribution in [0.25, 0.3) is 0 Å². The van der Waals surface area contributed by atoms with Gasteiger partial charge in [-0.1, -0.05) is 30.7 Å². The lowest BCUT2D eigenvalue weighted by atomic mass is 10.1. The molecule has 1 aromatic rings. The van der Waals surface area contributed by atoms with Crippen LogP contribution in [0.4, 0.5) is 0 Å². The number of hydrogen-bond acceptors (Lipinski definition) is 1. The molecule has 1 aromatic carbocycles. The molecule has 1 fully saturated rings. The molecule has 82 valence electrons. The van der Waals surface area contributed by atoms with Crippen LogP contribution in [-0.4, -0.2) is 6.54 Å². The van der Waals surface area contributed by atoms with Gasteiger partial charge in [-0.05, 0) is 49.8 Å². The Bertz CT molecular complexity index is 343. The minimum absolute atomic E-state index is 0.941. The molecule has 2 rings (SSSR count). The van der Waals surface area contributed by atoms with Crippen molar-refractivity contribution in [3.63, 3.8) is 0 Å². The van der Waals surface area contributed by atoms with Crippen LogP contribution in [0.1, 0.15) is 30.0 Å². The van der Waals surface area contributed by atoms with Crippen molar-refractivity contribution in [2.75, 3.05) is 6.54 Å². The first-order chi connectivity index (χ1) is 7.16. The third-order valence-corrected chi connectivity index (χ3v) is 3.50. The molecule has 0 radical (unpaired) electrons. The molecule has 0 heterocycles. The van der Waals surface area contributed by atoms with E-state index in [9.17, 15) is 0 Å². The summed E-state index contributed by atoms with van der Waals surface area (Å²) >= 11 is 0. The lowest BCUT2D eigenvalue weighted by Crippen LogP contribution is -2.17. The van der Waals surface area contributed by atoms with Gasteiger partial charge in [-0.25, -0.2) is 0 Å². The summed E-state index contributed by atoms with van der Waals surface area (Å²) in [5.41, 5.74) is 4.20. The van der Waals surface area contributed by atoms with E-state index in [4.69, 9.17) is 0 Å². The summed E-state index contributed by atoms with van der Waals surface area (Å²) in [7, 11) is 0. The number of hydrogen-bond donors (Lipinski definition) is 1. The molecular formula is C14H21N. The Hall–Kier alpha value is -0.820. The van der Waals surface area contributed by atoms with E-state index in [1.54, 1.807) is 0 Å². The topological polar surface area (TPSA) is 12.0 Å². The van der Waals surface area contributed by atoms with Crippen LogP contribution in [-0.2, 0) is 6.54 Å². The average Bonchev–Trinajstić information content (AvgIpc) is 2.86. The van der Waals surface area contributed by atoms with Crippen molar-refractivity contribution in [3.8, 4) is 0 Å². The molecule has 1 aliphatic carbocycles. The second-order valence-electron chi connectivity index (χ2n) is 5.03. The summed E-state index contributed by atoms with van der Waals surface area (Å²) in [5, 5.41) is 3.55. The number of aryl methyl sites for hydroxylation is 2. The maximum absolute atomic E-state index is 3.55. The number of nitrogens with one attached hydrogen (secondary N) is 1. The van der Waals surface area contributed by atoms with Crippen LogP contribution in [0.15, 0.2) is 18.2 Å². The smallest absolute Gasteiger partial charge is 0.0208 e. The number of benzene rings is 1. The second kappa shape index (κ2) is 4.36. The van der Waals surface area contributed by atoms with Gasteiger partial charge in [-0.2, -0.15) is 0 Å². The normalized spacial score (nSPS) is 24.2. The van der Waals surface area contributed by atoms with E-state index in [0.29, 0.717) is 0 Å². The molecule has 0 saturated heterocycles. The summed E-state index contributed by atoms with van der Waals surface area (Å²) in [6, 6.07) is 6.70. The molecule has 2 atom stereocenters. The van der Waals surface area contributed by atoms with Gasteiger partial charge in [0.1, 0.15) is 0 Å². The fourth-order valence-electron chi connectivity index (χ4n) is 2.12. The first kappa shape index (κ1) is 10.7. The van der Waals surface area contributed by atoms with Crippen molar-refractivity contribution in [2.24, 2.45) is 11.8 Å². The van der Waals surface area contributed by atoms with Gasteiger partial charge in [0, 0.05) is 6.54 Å². The molecule has 1 saturated carbocycles. The van der Waals surface area contributed by atoms with Crippen LogP contribution < -0.4 is 5.32 Å². The molecule has 0 spiro atoms. The van der Waals surface area contributed by atoms with Crippen molar-refractivity contribution in [1.82, 2.24) is 5.32 Å². The standard InChI is InChI=1S/C14H21N/c1-10-4-5-13(11(2)6-10)8-15-9-14-7-12(14)3/h4-6,12,14-15H,7-9H2,1-3H3. The Labute approximate surface area is 92.9 Å². The van der Waals surface area contributed by atoms with Crippen molar-refractivity contribution in [1.29, 1.82) is 0 Å². The zero-order chi connectivity index (χ0) is 10.8. The lowest BCUT2D eigenvalue weighted by Gasteiger charge is -2.08. The van der Waals surface area contributed by atoms with Crippen molar-refractivity contribution in [3.05, 3.63) is 34.9 Å². The maximum atomic E-state index is 3.55. The van der Waals surface area contributed by atoms with E-state index >= 15 is 0 Å². The van der Waals surface area contributed by atoms with E-state index in [1.807, 2.05) is 0 Å². The molecule has 1 heteroatoms. The molecule has 1 N–H and O–H groups in total. The van der Waals surface area contributed by atoms with Gasteiger partial charge >= 0.3 is 0 Å². The van der Waals surface area contributed by atoms with Gasteiger partial charge in [-0.3, -0.25) is 0 Å². The van der Waals surface area contributed by atoms with Gasteiger partial charge in [0.15, 0.2) is 0 Å². The Morgan fingerprint density at radius 1 is 1.33 bits per heavy atom. The van der Waals surface area contributed by atoms with E-state index in [2.05, 4.69) is 44.3 Å². The highest BCUT2D eigenvalue weighted by Crippen LogP contribution is 2.36. The molecule has 0 bridgehead atoms. The average molecular weight is 203 g/mol. The van der Waals surface area contributed by atoms with E-state index in [0.717, 1.165) is 18.4 Å². The summed E-state index contributed by atoms with van der Waals surface area (Å²) in [6.45, 7) is 8.90. The van der Waals surface area contributed by atoms with Crippen LogP contribution >= 0.6 is 0 Å². The minimum Gasteiger partial charge on any atom is -0.312 e. The molecule has 2 unspecified atom stereocenters. The quantitative estimate of drug-likeness (QED) is 0.793. The monoisotopic (exact) mass is 203 g/mol. The van der Waals surface area contributed by atoms with Gasteiger partial charge in [0.05, 0.1) is 0 Å². The molecular weight excluding hydrogens is 182 g/mol. The van der Waals surface area contributed by atoms with Crippen LogP contribution in [0, 0.1) is 25.7 Å². The molecule has 0 aliphatic heterocycles. The second-order valence-corrected chi connectivity index (χ2v) is 5.03. The van der Waals surface area contributed by atoms with Crippen LogP contribution in [0.5, 0.6) is 0 Å². The third kappa shape index (κ3) is 2.82. The van der Waals surface area contributed by atoms with Crippen molar-refractivity contribution >= 4 is 0 Å². The third-order valence-electron chi connectivity index (χ3n) is 3.50. The SMILES string of the molecule is Cc1ccc(CNCC2CC2C)c(C)c1. The first-order valence-corrected chi connectivity index (χ1v) is 5.93. The molecule has 1 nitrogen and oxygen atoms in total. The Kier molecular flexibility index (Phi) is 3.11. The van der Waals surface area contributed by atoms with Gasteiger partial charge in [0.25, 0.3) is 0 Å². The zero-order valence-corrected chi connectivity index (χ0v) is 10.0. The highest BCUT2D eigenvalue weighted by molar-refractivity contribution is 5.30. The highest BCUT2D eigenvalue weighted by Gasteiger charge is 2.31. The van der Waals surface area contributed by atoms with Gasteiger partial charge in [-0.15, -0.1) is 0 Å². The summed E-state index contributed by atoms with van der Waals surface area (Å²) in [4.78, 5) is 0. The Morgan fingerprint density at radius 2 is 2.07 bits per heavy atom. The maximum Gasteiger partial charge on any atom is 0.0208 e. The summed E-state index contributed by atoms with van der Waals surface area (Å²) in [5.74, 6) is 1.90. The van der Waals surface area contributed by atoms with Crippen molar-refractivity contribution in [2.45, 2.75) is 33.7 Å². The molecule has 1 aliphatic rings. The first-order valence-electron chi connectivity index (χ1n) is 5.93. The fourth-order valence-corrected chi connectivity index (χ4v) is 2.12. The number of rotatable bonds is 4. The van der Waals surface area contributed by atoms with Crippen LogP contribution in [0.3, 0.4) is 0 Å². The zero-order valence-electron chi connectivity index (χ0n) is 10.0. The van der Waals surface area contributed by atoms with Crippen LogP contribution in [0.2, 0.25) is 0 Å². The molecule has 0 aromatic heterocycles. The fraction of sp³-hybridized carbons (Fsp3) is 0.571. The Balaban J connectivity index is 1.82. The lowest BCUT2D eigenvalue weighted by molar-refractivity contribution is 0.610. The van der Waals surface area contributed by atoms with E-state index < -0.39 is 0 Å². The molecule has 0 amide bonds. The Morgan fingerprint density at radius 3 is 2.67 bits per heavy atom. The summed E-state index contributed by atoms with van der Waals surface area (Å²) < 4.78 is 0.